The fraction of sp³-hybridized carbons (Fsp3) is 0.354. The molecule has 5 nitrogen and oxygen atoms in total. The highest BCUT2D eigenvalue weighted by Crippen LogP contribution is 2.58. The number of fused-ring (bicyclic) bond motifs is 11. The minimum absolute atomic E-state index is 0.0276. The highest BCUT2D eigenvalue weighted by molar-refractivity contribution is 7.21. The van der Waals surface area contributed by atoms with Crippen molar-refractivity contribution in [1.82, 2.24) is 4.57 Å². The van der Waals surface area contributed by atoms with E-state index in [0.29, 0.717) is 0 Å². The molecule has 0 unspecified atom stereocenters. The lowest BCUT2D eigenvalue weighted by atomic mass is 9.62. The minimum atomic E-state index is -2.44. The maximum Gasteiger partial charge on any atom is 0.183 e. The first-order valence-electron chi connectivity index (χ1n) is 52.0. The van der Waals surface area contributed by atoms with Crippen LogP contribution in [-0.2, 0) is 16.4 Å². The zero-order chi connectivity index (χ0) is 103. The average Bonchev–Trinajstić information content (AvgIpc) is 1.41. The molecule has 0 saturated heterocycles. The third kappa shape index (κ3) is 24.4. The monoisotopic (exact) mass is 1860 g/mol. The Morgan fingerprint density at radius 2 is 0.394 bits per heavy atom. The largest absolute Gasteiger partial charge is 0.336 e. The van der Waals surface area contributed by atoms with E-state index in [1.807, 2.05) is 138 Å². The summed E-state index contributed by atoms with van der Waals surface area (Å²) in [5, 5.41) is 11.6. The Morgan fingerprint density at radius 3 is 0.664 bits per heavy atom. The molecule has 4 aliphatic rings. The molecule has 730 valence electrons. The molecule has 0 spiro atoms. The summed E-state index contributed by atoms with van der Waals surface area (Å²) in [5.41, 5.74) is 21.3. The highest BCUT2D eigenvalue weighted by atomic mass is 28.3. The third-order valence-electron chi connectivity index (χ3n) is 24.2. The topological polar surface area (TPSA) is 17.9 Å². The molecule has 0 amide bonds. The Kier molecular flexibility index (Phi) is 44.8. The summed E-state index contributed by atoms with van der Waals surface area (Å²) in [4.78, 5) is 10.0. The molecular weight excluding hydrogens is 1690 g/mol. The number of rotatable bonds is 4. The van der Waals surface area contributed by atoms with Crippen molar-refractivity contribution in [1.29, 1.82) is 0 Å². The van der Waals surface area contributed by atoms with Gasteiger partial charge in [-0.1, -0.05) is 469 Å². The van der Waals surface area contributed by atoms with Crippen molar-refractivity contribution < 1.29 is 0 Å². The maximum atomic E-state index is 2.54. The molecule has 15 aromatic rings. The van der Waals surface area contributed by atoms with Crippen molar-refractivity contribution >= 4 is 115 Å². The molecule has 0 N–H and O–H groups in total. The Bertz CT molecular complexity index is 5390. The number of anilines is 8. The van der Waals surface area contributed by atoms with Gasteiger partial charge in [-0.2, -0.15) is 0 Å². The Morgan fingerprint density at radius 1 is 0.197 bits per heavy atom. The summed E-state index contributed by atoms with van der Waals surface area (Å²) in [7, 11) is -4.03. The zero-order valence-electron chi connectivity index (χ0n) is 92.4. The Labute approximate surface area is 838 Å². The fourth-order valence-corrected chi connectivity index (χ4v) is 27.8. The number of hydrogen-bond donors (Lipinski definition) is 0. The second-order valence-corrected chi connectivity index (χ2v) is 46.0. The summed E-state index contributed by atoms with van der Waals surface area (Å²) in [6.45, 7) is 83.8. The summed E-state index contributed by atoms with van der Waals surface area (Å²) < 4.78 is 2.43. The van der Waals surface area contributed by atoms with Gasteiger partial charge >= 0.3 is 0 Å². The molecule has 4 aliphatic heterocycles. The molecule has 7 heteroatoms. The van der Waals surface area contributed by atoms with Gasteiger partial charge in [0.25, 0.3) is 0 Å². The maximum absolute atomic E-state index is 2.54. The van der Waals surface area contributed by atoms with Gasteiger partial charge in [-0.25, -0.2) is 0 Å². The first-order valence-corrected chi connectivity index (χ1v) is 57.0. The van der Waals surface area contributed by atoms with Crippen molar-refractivity contribution in [3.05, 3.63) is 397 Å². The van der Waals surface area contributed by atoms with E-state index in [4.69, 9.17) is 0 Å². The van der Waals surface area contributed by atoms with Gasteiger partial charge in [0.2, 0.25) is 0 Å². The number of benzene rings is 14. The minimum Gasteiger partial charge on any atom is -0.336 e. The van der Waals surface area contributed by atoms with Crippen LogP contribution in [0.25, 0.3) is 21.8 Å². The van der Waals surface area contributed by atoms with E-state index in [1.165, 1.54) is 121 Å². The Hall–Kier alpha value is -11.5. The van der Waals surface area contributed by atoms with Gasteiger partial charge in [0.15, 0.2) is 8.07 Å². The van der Waals surface area contributed by atoms with Gasteiger partial charge in [-0.05, 0) is 229 Å². The quantitative estimate of drug-likeness (QED) is 0.163. The van der Waals surface area contributed by atoms with Gasteiger partial charge in [0.1, 0.15) is 8.07 Å². The smallest absolute Gasteiger partial charge is 0.183 e. The van der Waals surface area contributed by atoms with Crippen LogP contribution < -0.4 is 50.7 Å². The molecule has 0 aliphatic carbocycles. The number of para-hydroxylation sites is 10. The average molecular weight is 1870 g/mol. The summed E-state index contributed by atoms with van der Waals surface area (Å²) >= 11 is 0. The molecule has 137 heavy (non-hydrogen) atoms. The number of hydrogen-bond acceptors (Lipinski definition) is 4. The summed E-state index contributed by atoms with van der Waals surface area (Å²) in [5.74, 6) is 0. The lowest BCUT2D eigenvalue weighted by Crippen LogP contribution is -2.78. The lowest BCUT2D eigenvalue weighted by Gasteiger charge is -2.50. The van der Waals surface area contributed by atoms with Crippen molar-refractivity contribution in [2.24, 2.45) is 0 Å². The van der Waals surface area contributed by atoms with Gasteiger partial charge in [0.05, 0.1) is 5.41 Å². The molecule has 0 saturated carbocycles. The van der Waals surface area contributed by atoms with E-state index in [9.17, 15) is 0 Å². The molecule has 5 heterocycles. The number of aromatic nitrogens is 1. The fourth-order valence-electron chi connectivity index (χ4n) is 19.7. The second-order valence-electron chi connectivity index (χ2n) is 37.9. The van der Waals surface area contributed by atoms with E-state index >= 15 is 0 Å². The van der Waals surface area contributed by atoms with Crippen molar-refractivity contribution in [3.8, 4) is 0 Å². The predicted octanol–water partition coefficient (Wildman–Crippen LogP) is 35.5. The van der Waals surface area contributed by atoms with Crippen LogP contribution in [0.2, 0.25) is 13.1 Å². The van der Waals surface area contributed by atoms with Gasteiger partial charge in [-0.15, -0.1) is 0 Å². The molecule has 19 rings (SSSR count). The molecule has 0 fully saturated rings. The van der Waals surface area contributed by atoms with Crippen LogP contribution in [0, 0.1) is 0 Å². The first kappa shape index (κ1) is 116. The second kappa shape index (κ2) is 52.9. The van der Waals surface area contributed by atoms with Crippen LogP contribution in [0.5, 0.6) is 0 Å². The van der Waals surface area contributed by atoms with Crippen LogP contribution in [0.1, 0.15) is 290 Å². The lowest BCUT2D eigenvalue weighted by molar-refractivity contribution is 0.423. The van der Waals surface area contributed by atoms with Crippen LogP contribution in [-0.4, -0.2) is 42.9 Å². The van der Waals surface area contributed by atoms with E-state index in [2.05, 4.69) is 519 Å². The molecule has 0 radical (unpaired) electrons. The predicted molar refractivity (Wildman–Crippen MR) is 625 cm³/mol. The van der Waals surface area contributed by atoms with E-state index in [0.717, 1.165) is 0 Å². The Balaban J connectivity index is 0.000000292. The molecule has 1 aromatic heterocycles. The summed E-state index contributed by atoms with van der Waals surface area (Å²) in [6.07, 6.45) is 0. The zero-order valence-corrected chi connectivity index (χ0v) is 94.4. The highest BCUT2D eigenvalue weighted by Gasteiger charge is 2.52. The number of nitrogens with zero attached hydrogens (tertiary/aromatic N) is 5. The molecule has 14 aromatic carbocycles. The molecule has 0 bridgehead atoms. The normalized spacial score (nSPS) is 13.2. The van der Waals surface area contributed by atoms with Crippen LogP contribution in [0.3, 0.4) is 0 Å². The van der Waals surface area contributed by atoms with Crippen molar-refractivity contribution in [3.63, 3.8) is 0 Å². The van der Waals surface area contributed by atoms with Crippen LogP contribution in [0.4, 0.5) is 45.5 Å². The molecule has 0 atom stereocenters. The SMILES string of the molecule is CC.CC.CC.CC.CC.CC.CC.CC.CC.CC.CC(C)(C)N1c2ccccc2C(c2ccccc2)(c2ccccc2)c2ccccc21.CC(C)(C)N1c2ccccc2[Si](C)(C)c2ccccc21.CC(C)(C)N1c2ccccc2[Si](c2ccccc2)(c2ccccc2)c2ccccc21.CC(C)(C)n1c2ccccc2c2ccccc21.CC1(C)c2ccccc2N(C(C)(C)C)c2ccccc21. The van der Waals surface area contributed by atoms with E-state index in [1.54, 1.807) is 10.4 Å². The first-order chi connectivity index (χ1) is 65.8. The third-order valence-corrected chi connectivity index (χ3v) is 32.6. The van der Waals surface area contributed by atoms with Crippen LogP contribution >= 0.6 is 0 Å². The molecular formula is C130H177N5Si2. The summed E-state index contributed by atoms with van der Waals surface area (Å²) in [6, 6.07) is 133. The standard InChI is InChI=1S/C29H27N.C28H27NSi.C19H23N.C18H23NSi.C16H17N.10C2H6/c1-28(2,3)30-26-20-12-10-18-24(26)29(22-14-6-4-7-15-22,23-16-8-5-9-17-23)25-19-11-13-21-27(25)30;1-28(2,3)29-24-18-10-12-20-26(24)30(22-14-6-4-7-15-22,23-16-8-5-9-17-23)27-21-13-11-19-25(27)29;1-18(2,3)20-16-12-8-6-10-14(16)19(4,5)15-11-7-9-13-17(15)20;1-18(2,3)19-14-10-6-8-12-16(14)20(4,5)17-13-9-7-11-15(17)19;1-16(2,3)17-14-10-6-4-8-12(14)13-9-5-7-11-15(13)17;10*1-2/h2*4-21H,1-3H3;2*6-13H,1-5H3;4-11H,1-3H3;10*1-2H3. The van der Waals surface area contributed by atoms with Gasteiger partial charge in [0, 0.05) is 100 Å². The van der Waals surface area contributed by atoms with E-state index < -0.39 is 16.1 Å². The van der Waals surface area contributed by atoms with E-state index in [-0.39, 0.29) is 38.5 Å². The van der Waals surface area contributed by atoms with Crippen molar-refractivity contribution in [2.75, 3.05) is 19.6 Å². The van der Waals surface area contributed by atoms with Gasteiger partial charge < -0.3 is 24.2 Å². The van der Waals surface area contributed by atoms with Gasteiger partial charge in [-0.3, -0.25) is 0 Å². The van der Waals surface area contributed by atoms with Crippen LogP contribution in [0.15, 0.2) is 364 Å². The van der Waals surface area contributed by atoms with Crippen molar-refractivity contribution in [2.45, 2.75) is 308 Å².